The fourth-order valence-electron chi connectivity index (χ4n) is 1.15. The molecule has 72 valence electrons. The molecular formula is C9H13BrN2O. The SMILES string of the molecule is CCNC(CO)c1cncc(Br)c1. The van der Waals surface area contributed by atoms with E-state index >= 15 is 0 Å². The minimum absolute atomic E-state index is 0.0185. The Balaban J connectivity index is 2.78. The highest BCUT2D eigenvalue weighted by Crippen LogP contribution is 2.15. The van der Waals surface area contributed by atoms with Gasteiger partial charge in [-0.05, 0) is 34.1 Å². The van der Waals surface area contributed by atoms with Gasteiger partial charge in [0.05, 0.1) is 12.6 Å². The van der Waals surface area contributed by atoms with Crippen LogP contribution in [0.1, 0.15) is 18.5 Å². The number of hydrogen-bond donors (Lipinski definition) is 2. The average molecular weight is 245 g/mol. The molecule has 0 saturated heterocycles. The predicted octanol–water partition coefficient (Wildman–Crippen LogP) is 1.49. The van der Waals surface area contributed by atoms with E-state index in [2.05, 4.69) is 26.2 Å². The van der Waals surface area contributed by atoms with Gasteiger partial charge in [0, 0.05) is 16.9 Å². The summed E-state index contributed by atoms with van der Waals surface area (Å²) in [6.07, 6.45) is 3.48. The molecule has 1 unspecified atom stereocenters. The first-order valence-electron chi connectivity index (χ1n) is 4.22. The van der Waals surface area contributed by atoms with Crippen LogP contribution in [0.4, 0.5) is 0 Å². The second-order valence-corrected chi connectivity index (χ2v) is 3.65. The summed E-state index contributed by atoms with van der Waals surface area (Å²) < 4.78 is 0.932. The molecule has 1 aromatic heterocycles. The molecule has 2 N–H and O–H groups in total. The quantitative estimate of drug-likeness (QED) is 0.844. The molecule has 0 aliphatic rings. The lowest BCUT2D eigenvalue weighted by Gasteiger charge is -2.14. The van der Waals surface area contributed by atoms with Crippen LogP contribution in [0.2, 0.25) is 0 Å². The van der Waals surface area contributed by atoms with Crippen LogP contribution in [-0.2, 0) is 0 Å². The van der Waals surface area contributed by atoms with Crippen molar-refractivity contribution in [2.45, 2.75) is 13.0 Å². The molecular weight excluding hydrogens is 232 g/mol. The third kappa shape index (κ3) is 3.06. The Morgan fingerprint density at radius 1 is 1.62 bits per heavy atom. The van der Waals surface area contributed by atoms with Crippen molar-refractivity contribution in [1.29, 1.82) is 0 Å². The average Bonchev–Trinajstić information content (AvgIpc) is 2.14. The van der Waals surface area contributed by atoms with Gasteiger partial charge in [0.25, 0.3) is 0 Å². The van der Waals surface area contributed by atoms with E-state index in [1.165, 1.54) is 0 Å². The van der Waals surface area contributed by atoms with Gasteiger partial charge in [0.2, 0.25) is 0 Å². The minimum atomic E-state index is -0.0185. The molecule has 0 amide bonds. The summed E-state index contributed by atoms with van der Waals surface area (Å²) in [6.45, 7) is 2.93. The van der Waals surface area contributed by atoms with Crippen molar-refractivity contribution in [3.8, 4) is 0 Å². The molecule has 0 aromatic carbocycles. The number of nitrogens with zero attached hydrogens (tertiary/aromatic N) is 1. The lowest BCUT2D eigenvalue weighted by molar-refractivity contribution is 0.246. The van der Waals surface area contributed by atoms with Crippen LogP contribution in [0, 0.1) is 0 Å². The van der Waals surface area contributed by atoms with Crippen molar-refractivity contribution < 1.29 is 5.11 Å². The molecule has 0 saturated carbocycles. The first-order chi connectivity index (χ1) is 6.27. The van der Waals surface area contributed by atoms with E-state index in [9.17, 15) is 0 Å². The molecule has 1 heterocycles. The summed E-state index contributed by atoms with van der Waals surface area (Å²) in [6, 6.07) is 1.94. The summed E-state index contributed by atoms with van der Waals surface area (Å²) in [5, 5.41) is 12.3. The Bertz CT molecular complexity index is 268. The van der Waals surface area contributed by atoms with Crippen LogP contribution in [0.25, 0.3) is 0 Å². The second-order valence-electron chi connectivity index (χ2n) is 2.73. The Hall–Kier alpha value is -0.450. The maximum atomic E-state index is 9.10. The molecule has 1 aromatic rings. The molecule has 0 radical (unpaired) electrons. The lowest BCUT2D eigenvalue weighted by atomic mass is 10.1. The molecule has 1 atom stereocenters. The first-order valence-corrected chi connectivity index (χ1v) is 5.02. The molecule has 0 spiro atoms. The largest absolute Gasteiger partial charge is 0.394 e. The van der Waals surface area contributed by atoms with E-state index in [1.807, 2.05) is 13.0 Å². The van der Waals surface area contributed by atoms with Gasteiger partial charge in [0.15, 0.2) is 0 Å². The number of likely N-dealkylation sites (N-methyl/N-ethyl adjacent to an activating group) is 1. The Kier molecular flexibility index (Phi) is 4.35. The minimum Gasteiger partial charge on any atom is -0.394 e. The Morgan fingerprint density at radius 3 is 2.92 bits per heavy atom. The summed E-state index contributed by atoms with van der Waals surface area (Å²) in [5.41, 5.74) is 0.999. The maximum absolute atomic E-state index is 9.10. The van der Waals surface area contributed by atoms with Crippen molar-refractivity contribution in [2.75, 3.05) is 13.2 Å². The zero-order chi connectivity index (χ0) is 9.68. The van der Waals surface area contributed by atoms with Gasteiger partial charge < -0.3 is 10.4 Å². The van der Waals surface area contributed by atoms with E-state index in [1.54, 1.807) is 12.4 Å². The summed E-state index contributed by atoms with van der Waals surface area (Å²) in [7, 11) is 0. The number of aromatic nitrogens is 1. The van der Waals surface area contributed by atoms with Crippen LogP contribution in [0.15, 0.2) is 22.9 Å². The number of aliphatic hydroxyl groups is 1. The number of halogens is 1. The highest BCUT2D eigenvalue weighted by atomic mass is 79.9. The topological polar surface area (TPSA) is 45.1 Å². The monoisotopic (exact) mass is 244 g/mol. The number of pyridine rings is 1. The summed E-state index contributed by atoms with van der Waals surface area (Å²) in [4.78, 5) is 4.04. The fraction of sp³-hybridized carbons (Fsp3) is 0.444. The Morgan fingerprint density at radius 2 is 2.38 bits per heavy atom. The third-order valence-corrected chi connectivity index (χ3v) is 2.20. The van der Waals surface area contributed by atoms with Gasteiger partial charge in [-0.2, -0.15) is 0 Å². The van der Waals surface area contributed by atoms with E-state index in [4.69, 9.17) is 5.11 Å². The molecule has 13 heavy (non-hydrogen) atoms. The molecule has 0 bridgehead atoms. The van der Waals surface area contributed by atoms with Gasteiger partial charge in [-0.25, -0.2) is 0 Å². The van der Waals surface area contributed by atoms with Gasteiger partial charge in [0.1, 0.15) is 0 Å². The van der Waals surface area contributed by atoms with Crippen molar-refractivity contribution in [3.63, 3.8) is 0 Å². The van der Waals surface area contributed by atoms with E-state index in [-0.39, 0.29) is 12.6 Å². The lowest BCUT2D eigenvalue weighted by Crippen LogP contribution is -2.24. The molecule has 0 fully saturated rings. The summed E-state index contributed by atoms with van der Waals surface area (Å²) in [5.74, 6) is 0. The van der Waals surface area contributed by atoms with Crippen LogP contribution in [-0.4, -0.2) is 23.2 Å². The molecule has 0 aliphatic carbocycles. The molecule has 0 aliphatic heterocycles. The summed E-state index contributed by atoms with van der Waals surface area (Å²) >= 11 is 3.34. The fourth-order valence-corrected chi connectivity index (χ4v) is 1.54. The van der Waals surface area contributed by atoms with Crippen molar-refractivity contribution in [2.24, 2.45) is 0 Å². The van der Waals surface area contributed by atoms with Crippen LogP contribution in [0.5, 0.6) is 0 Å². The van der Waals surface area contributed by atoms with Gasteiger partial charge >= 0.3 is 0 Å². The zero-order valence-corrected chi connectivity index (χ0v) is 9.08. The first kappa shape index (κ1) is 10.6. The van der Waals surface area contributed by atoms with Gasteiger partial charge in [-0.15, -0.1) is 0 Å². The van der Waals surface area contributed by atoms with Crippen molar-refractivity contribution >= 4 is 15.9 Å². The van der Waals surface area contributed by atoms with Crippen LogP contribution >= 0.6 is 15.9 Å². The Labute approximate surface area is 86.3 Å². The second kappa shape index (κ2) is 5.32. The molecule has 4 heteroatoms. The standard InChI is InChI=1S/C9H13BrN2O/c1-2-12-9(6-13)7-3-8(10)5-11-4-7/h3-5,9,12-13H,2,6H2,1H3. The number of hydrogen-bond acceptors (Lipinski definition) is 3. The number of nitrogens with one attached hydrogen (secondary N) is 1. The van der Waals surface area contributed by atoms with Crippen LogP contribution in [0.3, 0.4) is 0 Å². The number of aliphatic hydroxyl groups excluding tert-OH is 1. The highest BCUT2D eigenvalue weighted by Gasteiger charge is 2.08. The van der Waals surface area contributed by atoms with E-state index in [0.717, 1.165) is 16.6 Å². The van der Waals surface area contributed by atoms with Crippen LogP contribution < -0.4 is 5.32 Å². The van der Waals surface area contributed by atoms with Gasteiger partial charge in [-0.1, -0.05) is 6.92 Å². The normalized spacial score (nSPS) is 12.8. The van der Waals surface area contributed by atoms with Crippen molar-refractivity contribution in [3.05, 3.63) is 28.5 Å². The molecule has 3 nitrogen and oxygen atoms in total. The van der Waals surface area contributed by atoms with Gasteiger partial charge in [-0.3, -0.25) is 4.98 Å². The zero-order valence-electron chi connectivity index (χ0n) is 7.50. The maximum Gasteiger partial charge on any atom is 0.0627 e. The molecule has 1 rings (SSSR count). The predicted molar refractivity (Wildman–Crippen MR) is 55.4 cm³/mol. The number of rotatable bonds is 4. The highest BCUT2D eigenvalue weighted by molar-refractivity contribution is 9.10. The van der Waals surface area contributed by atoms with E-state index in [0.29, 0.717) is 0 Å². The smallest absolute Gasteiger partial charge is 0.0627 e. The van der Waals surface area contributed by atoms with Crippen molar-refractivity contribution in [1.82, 2.24) is 10.3 Å². The van der Waals surface area contributed by atoms with E-state index < -0.39 is 0 Å². The third-order valence-electron chi connectivity index (χ3n) is 1.76.